The monoisotopic (exact) mass is 357 g/mol. The van der Waals surface area contributed by atoms with Gasteiger partial charge in [-0.3, -0.25) is 4.79 Å². The highest BCUT2D eigenvalue weighted by atomic mass is 19.1. The number of amides is 1. The standard InChI is InChI=1S/C20H20FNO4/c1-14-7-8-16(17(21)13-14)18(23)22-11-9-20(10-12-22,19(24)25)26-15-5-3-2-4-6-15/h2-8,13H,9-12H2,1H3,(H,24,25). The lowest BCUT2D eigenvalue weighted by molar-refractivity contribution is -0.159. The first-order valence-corrected chi connectivity index (χ1v) is 8.44. The van der Waals surface area contributed by atoms with E-state index in [-0.39, 0.29) is 31.5 Å². The number of aliphatic carboxylic acids is 1. The number of ether oxygens (including phenoxy) is 1. The van der Waals surface area contributed by atoms with Gasteiger partial charge in [0, 0.05) is 25.9 Å². The van der Waals surface area contributed by atoms with E-state index in [0.29, 0.717) is 5.75 Å². The number of halogens is 1. The Balaban J connectivity index is 1.73. The zero-order valence-electron chi connectivity index (χ0n) is 14.4. The first-order chi connectivity index (χ1) is 12.4. The number of para-hydroxylation sites is 1. The summed E-state index contributed by atoms with van der Waals surface area (Å²) < 4.78 is 19.8. The Morgan fingerprint density at radius 2 is 1.77 bits per heavy atom. The molecule has 2 aromatic carbocycles. The maximum Gasteiger partial charge on any atom is 0.348 e. The summed E-state index contributed by atoms with van der Waals surface area (Å²) in [4.78, 5) is 25.9. The van der Waals surface area contributed by atoms with Crippen molar-refractivity contribution in [3.8, 4) is 5.75 Å². The zero-order valence-corrected chi connectivity index (χ0v) is 14.4. The number of rotatable bonds is 4. The third-order valence-corrected chi connectivity index (χ3v) is 4.66. The third kappa shape index (κ3) is 3.54. The highest BCUT2D eigenvalue weighted by Gasteiger charge is 2.45. The molecule has 0 unspecified atom stereocenters. The molecule has 0 aliphatic carbocycles. The maximum absolute atomic E-state index is 14.1. The summed E-state index contributed by atoms with van der Waals surface area (Å²) in [5.41, 5.74) is -0.648. The molecule has 6 heteroatoms. The average molecular weight is 357 g/mol. The lowest BCUT2D eigenvalue weighted by atomic mass is 9.90. The second-order valence-electron chi connectivity index (χ2n) is 6.49. The topological polar surface area (TPSA) is 66.8 Å². The number of piperidine rings is 1. The molecule has 0 radical (unpaired) electrons. The predicted octanol–water partition coefficient (Wildman–Crippen LogP) is 3.27. The summed E-state index contributed by atoms with van der Waals surface area (Å²) in [5, 5.41) is 9.68. The number of carbonyl (C=O) groups excluding carboxylic acids is 1. The molecule has 0 aromatic heterocycles. The summed E-state index contributed by atoms with van der Waals surface area (Å²) in [5.74, 6) is -1.58. The number of aryl methyl sites for hydroxylation is 1. The molecular weight excluding hydrogens is 337 g/mol. The third-order valence-electron chi connectivity index (χ3n) is 4.66. The van der Waals surface area contributed by atoms with E-state index in [4.69, 9.17) is 4.74 Å². The second kappa shape index (κ2) is 7.15. The number of carboxylic acids is 1. The van der Waals surface area contributed by atoms with E-state index in [1.165, 1.54) is 17.0 Å². The molecule has 1 N–H and O–H groups in total. The van der Waals surface area contributed by atoms with Gasteiger partial charge in [0.15, 0.2) is 0 Å². The van der Waals surface area contributed by atoms with Gasteiger partial charge in [0.25, 0.3) is 5.91 Å². The quantitative estimate of drug-likeness (QED) is 0.912. The maximum atomic E-state index is 14.1. The number of carboxylic acid groups (broad SMARTS) is 1. The molecule has 1 heterocycles. The fourth-order valence-corrected chi connectivity index (χ4v) is 3.11. The van der Waals surface area contributed by atoms with Crippen molar-refractivity contribution in [1.82, 2.24) is 4.90 Å². The van der Waals surface area contributed by atoms with E-state index < -0.39 is 23.3 Å². The number of hydrogen-bond acceptors (Lipinski definition) is 3. The summed E-state index contributed by atoms with van der Waals surface area (Å²) in [7, 11) is 0. The second-order valence-corrected chi connectivity index (χ2v) is 6.49. The van der Waals surface area contributed by atoms with Gasteiger partial charge in [-0.1, -0.05) is 24.3 Å². The van der Waals surface area contributed by atoms with Crippen molar-refractivity contribution in [2.45, 2.75) is 25.4 Å². The average Bonchev–Trinajstić information content (AvgIpc) is 2.62. The molecule has 1 aliphatic heterocycles. The summed E-state index contributed by atoms with van der Waals surface area (Å²) >= 11 is 0. The number of likely N-dealkylation sites (tertiary alicyclic amines) is 1. The van der Waals surface area contributed by atoms with Crippen LogP contribution in [0.5, 0.6) is 5.75 Å². The Hall–Kier alpha value is -2.89. The first-order valence-electron chi connectivity index (χ1n) is 8.44. The number of carbonyl (C=O) groups is 2. The van der Waals surface area contributed by atoms with Crippen LogP contribution in [-0.4, -0.2) is 40.6 Å². The Labute approximate surface area is 151 Å². The molecule has 1 aliphatic rings. The molecule has 0 saturated carbocycles. The van der Waals surface area contributed by atoms with Crippen LogP contribution in [0.1, 0.15) is 28.8 Å². The van der Waals surface area contributed by atoms with Gasteiger partial charge >= 0.3 is 5.97 Å². The molecule has 26 heavy (non-hydrogen) atoms. The molecule has 1 fully saturated rings. The van der Waals surface area contributed by atoms with Gasteiger partial charge in [0.2, 0.25) is 5.60 Å². The Kier molecular flexibility index (Phi) is 4.93. The van der Waals surface area contributed by atoms with Gasteiger partial charge in [-0.25, -0.2) is 9.18 Å². The van der Waals surface area contributed by atoms with Crippen molar-refractivity contribution in [1.29, 1.82) is 0 Å². The van der Waals surface area contributed by atoms with Crippen LogP contribution < -0.4 is 4.74 Å². The molecule has 1 amide bonds. The van der Waals surface area contributed by atoms with Gasteiger partial charge in [0.05, 0.1) is 5.56 Å². The van der Waals surface area contributed by atoms with E-state index in [2.05, 4.69) is 0 Å². The number of benzene rings is 2. The first kappa shape index (κ1) is 17.9. The molecule has 2 aromatic rings. The van der Waals surface area contributed by atoms with E-state index in [1.54, 1.807) is 37.3 Å². The lowest BCUT2D eigenvalue weighted by Gasteiger charge is -2.38. The lowest BCUT2D eigenvalue weighted by Crippen LogP contribution is -2.54. The molecule has 1 saturated heterocycles. The molecule has 5 nitrogen and oxygen atoms in total. The highest BCUT2D eigenvalue weighted by molar-refractivity contribution is 5.94. The zero-order chi connectivity index (χ0) is 18.7. The SMILES string of the molecule is Cc1ccc(C(=O)N2CCC(Oc3ccccc3)(C(=O)O)CC2)c(F)c1. The van der Waals surface area contributed by atoms with Gasteiger partial charge in [-0.15, -0.1) is 0 Å². The summed E-state index contributed by atoms with van der Waals surface area (Å²) in [6.45, 7) is 2.12. The van der Waals surface area contributed by atoms with E-state index in [1.807, 2.05) is 6.07 Å². The van der Waals surface area contributed by atoms with Crippen LogP contribution in [0.25, 0.3) is 0 Å². The Bertz CT molecular complexity index is 814. The van der Waals surface area contributed by atoms with Crippen molar-refractivity contribution in [2.24, 2.45) is 0 Å². The minimum absolute atomic E-state index is 0.00222. The molecular formula is C20H20FNO4. The number of hydrogen-bond donors (Lipinski definition) is 1. The van der Waals surface area contributed by atoms with Gasteiger partial charge in [-0.05, 0) is 36.8 Å². The highest BCUT2D eigenvalue weighted by Crippen LogP contribution is 2.30. The van der Waals surface area contributed by atoms with Crippen molar-refractivity contribution in [3.63, 3.8) is 0 Å². The van der Waals surface area contributed by atoms with Crippen LogP contribution in [0.15, 0.2) is 48.5 Å². The van der Waals surface area contributed by atoms with Crippen molar-refractivity contribution in [2.75, 3.05) is 13.1 Å². The van der Waals surface area contributed by atoms with Crippen molar-refractivity contribution < 1.29 is 23.8 Å². The van der Waals surface area contributed by atoms with Crippen molar-refractivity contribution >= 4 is 11.9 Å². The Morgan fingerprint density at radius 3 is 2.35 bits per heavy atom. The van der Waals surface area contributed by atoms with Gasteiger partial charge < -0.3 is 14.7 Å². The van der Waals surface area contributed by atoms with E-state index in [0.717, 1.165) is 5.56 Å². The fraction of sp³-hybridized carbons (Fsp3) is 0.300. The minimum Gasteiger partial charge on any atom is -0.478 e. The van der Waals surface area contributed by atoms with Crippen LogP contribution in [0.2, 0.25) is 0 Å². The van der Waals surface area contributed by atoms with Gasteiger partial charge in [-0.2, -0.15) is 0 Å². The predicted molar refractivity (Wildman–Crippen MR) is 93.7 cm³/mol. The van der Waals surface area contributed by atoms with Crippen LogP contribution in [0.4, 0.5) is 4.39 Å². The molecule has 0 atom stereocenters. The summed E-state index contributed by atoms with van der Waals surface area (Å²) in [6.07, 6.45) is 0.271. The molecule has 136 valence electrons. The van der Waals surface area contributed by atoms with E-state index >= 15 is 0 Å². The fourth-order valence-electron chi connectivity index (χ4n) is 3.11. The van der Waals surface area contributed by atoms with Crippen LogP contribution >= 0.6 is 0 Å². The smallest absolute Gasteiger partial charge is 0.348 e. The largest absolute Gasteiger partial charge is 0.478 e. The van der Waals surface area contributed by atoms with Crippen LogP contribution in [0, 0.1) is 12.7 Å². The Morgan fingerprint density at radius 1 is 1.12 bits per heavy atom. The van der Waals surface area contributed by atoms with Gasteiger partial charge in [0.1, 0.15) is 11.6 Å². The molecule has 0 bridgehead atoms. The van der Waals surface area contributed by atoms with Crippen LogP contribution in [-0.2, 0) is 4.79 Å². The molecule has 3 rings (SSSR count). The normalized spacial score (nSPS) is 16.2. The van der Waals surface area contributed by atoms with Crippen LogP contribution in [0.3, 0.4) is 0 Å². The van der Waals surface area contributed by atoms with Crippen molar-refractivity contribution in [3.05, 3.63) is 65.5 Å². The minimum atomic E-state index is -1.38. The number of nitrogens with zero attached hydrogens (tertiary/aromatic N) is 1. The van der Waals surface area contributed by atoms with E-state index in [9.17, 15) is 19.1 Å². The molecule has 0 spiro atoms. The summed E-state index contributed by atoms with van der Waals surface area (Å²) in [6, 6.07) is 13.2.